The Bertz CT molecular complexity index is 948. The van der Waals surface area contributed by atoms with Crippen LogP contribution in [0.3, 0.4) is 0 Å². The Balaban J connectivity index is 2.29. The lowest BCUT2D eigenvalue weighted by molar-refractivity contribution is 0.0290. The van der Waals surface area contributed by atoms with Gasteiger partial charge in [0.15, 0.2) is 0 Å². The van der Waals surface area contributed by atoms with Gasteiger partial charge in [0.2, 0.25) is 0 Å². The van der Waals surface area contributed by atoms with Crippen molar-refractivity contribution in [2.24, 2.45) is 0 Å². The lowest BCUT2D eigenvalue weighted by Gasteiger charge is -2.27. The Labute approximate surface area is 143 Å². The molecule has 0 radical (unpaired) electrons. The Hall–Kier alpha value is -2.31. The van der Waals surface area contributed by atoms with Crippen LogP contribution in [0.25, 0.3) is 22.2 Å². The summed E-state index contributed by atoms with van der Waals surface area (Å²) >= 11 is 6.11. The third-order valence-electron chi connectivity index (χ3n) is 4.11. The first-order valence-electron chi connectivity index (χ1n) is 7.49. The SMILES string of the molecule is C[C@H](n1cnc2c(-c3cccnc3)nc(Cl)cc2c1=O)C(C)(C)O. The molecule has 1 N–H and O–H groups in total. The van der Waals surface area contributed by atoms with E-state index in [1.54, 1.807) is 39.2 Å². The predicted molar refractivity (Wildman–Crippen MR) is 93.0 cm³/mol. The van der Waals surface area contributed by atoms with E-state index in [-0.39, 0.29) is 10.7 Å². The second-order valence-electron chi connectivity index (χ2n) is 6.22. The first-order valence-corrected chi connectivity index (χ1v) is 7.87. The summed E-state index contributed by atoms with van der Waals surface area (Å²) < 4.78 is 1.41. The summed E-state index contributed by atoms with van der Waals surface area (Å²) in [6.45, 7) is 5.06. The Morgan fingerprint density at radius 1 is 1.38 bits per heavy atom. The van der Waals surface area contributed by atoms with Crippen molar-refractivity contribution >= 4 is 22.5 Å². The zero-order chi connectivity index (χ0) is 17.5. The van der Waals surface area contributed by atoms with Crippen molar-refractivity contribution < 1.29 is 5.11 Å². The summed E-state index contributed by atoms with van der Waals surface area (Å²) in [4.78, 5) is 25.6. The van der Waals surface area contributed by atoms with Crippen molar-refractivity contribution in [2.45, 2.75) is 32.4 Å². The molecule has 3 heterocycles. The van der Waals surface area contributed by atoms with Crippen LogP contribution in [0.5, 0.6) is 0 Å². The molecule has 6 nitrogen and oxygen atoms in total. The highest BCUT2D eigenvalue weighted by molar-refractivity contribution is 6.30. The maximum Gasteiger partial charge on any atom is 0.261 e. The summed E-state index contributed by atoms with van der Waals surface area (Å²) in [7, 11) is 0. The molecule has 3 aromatic rings. The van der Waals surface area contributed by atoms with Crippen LogP contribution in [0.4, 0.5) is 0 Å². The molecule has 0 bridgehead atoms. The van der Waals surface area contributed by atoms with E-state index in [0.717, 1.165) is 5.56 Å². The van der Waals surface area contributed by atoms with E-state index in [1.807, 2.05) is 6.07 Å². The molecule has 0 aliphatic carbocycles. The quantitative estimate of drug-likeness (QED) is 0.739. The number of aromatic nitrogens is 4. The predicted octanol–water partition coefficient (Wildman–Crippen LogP) is 2.84. The molecular formula is C17H17ClN4O2. The summed E-state index contributed by atoms with van der Waals surface area (Å²) in [6, 6.07) is 4.66. The number of fused-ring (bicyclic) bond motifs is 1. The van der Waals surface area contributed by atoms with Crippen LogP contribution in [0, 0.1) is 0 Å². The molecule has 7 heteroatoms. The van der Waals surface area contributed by atoms with E-state index >= 15 is 0 Å². The van der Waals surface area contributed by atoms with Crippen LogP contribution in [0.2, 0.25) is 5.15 Å². The summed E-state index contributed by atoms with van der Waals surface area (Å²) in [5, 5.41) is 10.7. The van der Waals surface area contributed by atoms with Gasteiger partial charge >= 0.3 is 0 Å². The molecule has 24 heavy (non-hydrogen) atoms. The summed E-state index contributed by atoms with van der Waals surface area (Å²) in [5.74, 6) is 0. The highest BCUT2D eigenvalue weighted by Gasteiger charge is 2.26. The van der Waals surface area contributed by atoms with Gasteiger partial charge < -0.3 is 5.11 Å². The standard InChI is InChI=1S/C17H17ClN4O2/c1-10(17(2,3)24)22-9-20-15-12(16(22)23)7-13(18)21-14(15)11-5-4-6-19-8-11/h4-10,24H,1-3H3/t10-/m0/s1. The Kier molecular flexibility index (Phi) is 4.11. The smallest absolute Gasteiger partial charge is 0.261 e. The highest BCUT2D eigenvalue weighted by Crippen LogP contribution is 2.26. The fourth-order valence-corrected chi connectivity index (χ4v) is 2.63. The van der Waals surface area contributed by atoms with Crippen LogP contribution < -0.4 is 5.56 Å². The largest absolute Gasteiger partial charge is 0.388 e. The third kappa shape index (κ3) is 2.90. The molecule has 0 saturated carbocycles. The monoisotopic (exact) mass is 344 g/mol. The maximum absolute atomic E-state index is 12.9. The molecule has 1 atom stereocenters. The van der Waals surface area contributed by atoms with Gasteiger partial charge in [-0.1, -0.05) is 11.6 Å². The molecule has 0 unspecified atom stereocenters. The Morgan fingerprint density at radius 2 is 2.12 bits per heavy atom. The minimum atomic E-state index is -1.07. The van der Waals surface area contributed by atoms with E-state index in [4.69, 9.17) is 11.6 Å². The van der Waals surface area contributed by atoms with Crippen LogP contribution in [-0.2, 0) is 0 Å². The van der Waals surface area contributed by atoms with Gasteiger partial charge in [-0.2, -0.15) is 0 Å². The van der Waals surface area contributed by atoms with Crippen LogP contribution >= 0.6 is 11.6 Å². The molecule has 0 aliphatic rings. The number of rotatable bonds is 3. The second-order valence-corrected chi connectivity index (χ2v) is 6.61. The third-order valence-corrected chi connectivity index (χ3v) is 4.31. The van der Waals surface area contributed by atoms with Gasteiger partial charge in [0.1, 0.15) is 16.4 Å². The van der Waals surface area contributed by atoms with Crippen molar-refractivity contribution in [3.63, 3.8) is 0 Å². The average Bonchev–Trinajstić information content (AvgIpc) is 2.54. The van der Waals surface area contributed by atoms with Crippen LogP contribution in [0.1, 0.15) is 26.8 Å². The van der Waals surface area contributed by atoms with Crippen molar-refractivity contribution in [2.75, 3.05) is 0 Å². The molecule has 0 saturated heterocycles. The van der Waals surface area contributed by atoms with E-state index < -0.39 is 11.6 Å². The first kappa shape index (κ1) is 16.5. The van der Waals surface area contributed by atoms with E-state index in [9.17, 15) is 9.90 Å². The zero-order valence-electron chi connectivity index (χ0n) is 13.6. The molecule has 3 aromatic heterocycles. The van der Waals surface area contributed by atoms with E-state index in [2.05, 4.69) is 15.0 Å². The number of nitrogens with zero attached hydrogens (tertiary/aromatic N) is 4. The normalized spacial score (nSPS) is 13.2. The average molecular weight is 345 g/mol. The van der Waals surface area contributed by atoms with Crippen molar-refractivity contribution in [1.29, 1.82) is 0 Å². The molecule has 0 aromatic carbocycles. The lowest BCUT2D eigenvalue weighted by Crippen LogP contribution is -2.37. The topological polar surface area (TPSA) is 80.9 Å². The van der Waals surface area contributed by atoms with Gasteiger partial charge in [-0.15, -0.1) is 0 Å². The molecule has 0 aliphatic heterocycles. The van der Waals surface area contributed by atoms with Gasteiger partial charge in [0.05, 0.1) is 23.4 Å². The molecule has 124 valence electrons. The minimum absolute atomic E-state index is 0.203. The Morgan fingerprint density at radius 3 is 2.75 bits per heavy atom. The van der Waals surface area contributed by atoms with Crippen molar-refractivity contribution in [1.82, 2.24) is 19.5 Å². The molecule has 3 rings (SSSR count). The number of aliphatic hydroxyl groups is 1. The number of halogens is 1. The molecular weight excluding hydrogens is 328 g/mol. The van der Waals surface area contributed by atoms with Gasteiger partial charge in [-0.3, -0.25) is 14.3 Å². The molecule has 0 amide bonds. The van der Waals surface area contributed by atoms with Gasteiger partial charge in [0.25, 0.3) is 5.56 Å². The van der Waals surface area contributed by atoms with Gasteiger partial charge in [-0.25, -0.2) is 9.97 Å². The van der Waals surface area contributed by atoms with Crippen LogP contribution in [0.15, 0.2) is 41.7 Å². The van der Waals surface area contributed by atoms with E-state index in [0.29, 0.717) is 16.6 Å². The fraction of sp³-hybridized carbons (Fsp3) is 0.294. The number of pyridine rings is 2. The van der Waals surface area contributed by atoms with Gasteiger partial charge in [0, 0.05) is 18.0 Å². The van der Waals surface area contributed by atoms with E-state index in [1.165, 1.54) is 17.0 Å². The number of hydrogen-bond acceptors (Lipinski definition) is 5. The van der Waals surface area contributed by atoms with Crippen molar-refractivity contribution in [3.05, 3.63) is 52.4 Å². The summed E-state index contributed by atoms with van der Waals surface area (Å²) in [5.41, 5.74) is 0.346. The second kappa shape index (κ2) is 5.96. The van der Waals surface area contributed by atoms with Crippen molar-refractivity contribution in [3.8, 4) is 11.3 Å². The molecule has 0 spiro atoms. The maximum atomic E-state index is 12.9. The molecule has 0 fully saturated rings. The lowest BCUT2D eigenvalue weighted by atomic mass is 10.0. The fourth-order valence-electron chi connectivity index (χ4n) is 2.43. The minimum Gasteiger partial charge on any atom is -0.388 e. The zero-order valence-corrected chi connectivity index (χ0v) is 14.3. The highest BCUT2D eigenvalue weighted by atomic mass is 35.5. The van der Waals surface area contributed by atoms with Gasteiger partial charge in [-0.05, 0) is 39.0 Å². The number of hydrogen-bond donors (Lipinski definition) is 1. The first-order chi connectivity index (χ1) is 11.3. The summed E-state index contributed by atoms with van der Waals surface area (Å²) in [6.07, 6.45) is 4.73. The van der Waals surface area contributed by atoms with Crippen LogP contribution in [-0.4, -0.2) is 30.2 Å².